The van der Waals surface area contributed by atoms with Gasteiger partial charge in [-0.05, 0) is 25.7 Å². The molecule has 0 aromatic carbocycles. The number of piperidine rings is 1. The number of carbonyl (C=O) groups is 1. The van der Waals surface area contributed by atoms with E-state index in [1.54, 1.807) is 6.92 Å². The fourth-order valence-corrected chi connectivity index (χ4v) is 3.57. The first-order chi connectivity index (χ1) is 10.6. The summed E-state index contributed by atoms with van der Waals surface area (Å²) in [5.41, 5.74) is -0.383. The van der Waals surface area contributed by atoms with Gasteiger partial charge in [0.15, 0.2) is 0 Å². The minimum absolute atomic E-state index is 0.0308. The summed E-state index contributed by atoms with van der Waals surface area (Å²) in [7, 11) is 0. The van der Waals surface area contributed by atoms with E-state index in [-0.39, 0.29) is 5.56 Å². The standard InChI is InChI=1S/C14H19N5O2S/c1-3-15-11(20)10-7-16-13-19(12(10)21)17-14(22-13)18-6-4-5-9(2)8-18/h7,9H,3-6,8H2,1-2H3,(H,15,20). The van der Waals surface area contributed by atoms with Gasteiger partial charge in [0, 0.05) is 25.8 Å². The third kappa shape index (κ3) is 2.70. The summed E-state index contributed by atoms with van der Waals surface area (Å²) in [4.78, 5) is 31.2. The van der Waals surface area contributed by atoms with E-state index in [4.69, 9.17) is 0 Å². The number of amides is 1. The van der Waals surface area contributed by atoms with Gasteiger partial charge in [0.2, 0.25) is 10.1 Å². The Hall–Kier alpha value is -1.96. The van der Waals surface area contributed by atoms with E-state index in [1.165, 1.54) is 28.5 Å². The van der Waals surface area contributed by atoms with Gasteiger partial charge in [-0.1, -0.05) is 18.3 Å². The second-order valence-electron chi connectivity index (χ2n) is 5.61. The number of fused-ring (bicyclic) bond motifs is 1. The highest BCUT2D eigenvalue weighted by atomic mass is 32.1. The Morgan fingerprint density at radius 2 is 2.36 bits per heavy atom. The van der Waals surface area contributed by atoms with Gasteiger partial charge in [-0.15, -0.1) is 5.10 Å². The van der Waals surface area contributed by atoms with E-state index in [0.29, 0.717) is 17.4 Å². The lowest BCUT2D eigenvalue weighted by molar-refractivity contribution is 0.0953. The van der Waals surface area contributed by atoms with Crippen molar-refractivity contribution < 1.29 is 4.79 Å². The Balaban J connectivity index is 1.98. The molecule has 22 heavy (non-hydrogen) atoms. The molecule has 1 atom stereocenters. The maximum Gasteiger partial charge on any atom is 0.288 e. The molecule has 0 bridgehead atoms. The molecule has 1 unspecified atom stereocenters. The summed E-state index contributed by atoms with van der Waals surface area (Å²) in [6.07, 6.45) is 3.69. The highest BCUT2D eigenvalue weighted by molar-refractivity contribution is 7.20. The molecule has 1 fully saturated rings. The minimum atomic E-state index is -0.413. The number of hydrogen-bond donors (Lipinski definition) is 1. The molecule has 8 heteroatoms. The molecule has 118 valence electrons. The van der Waals surface area contributed by atoms with Gasteiger partial charge in [0.1, 0.15) is 5.56 Å². The van der Waals surface area contributed by atoms with Gasteiger partial charge in [0.25, 0.3) is 11.5 Å². The molecule has 3 heterocycles. The number of aromatic nitrogens is 3. The lowest BCUT2D eigenvalue weighted by atomic mass is 10.0. The summed E-state index contributed by atoms with van der Waals surface area (Å²) in [6.45, 7) is 6.38. The van der Waals surface area contributed by atoms with Gasteiger partial charge < -0.3 is 10.2 Å². The maximum atomic E-state index is 12.4. The van der Waals surface area contributed by atoms with Crippen LogP contribution in [0.25, 0.3) is 4.96 Å². The molecule has 0 saturated carbocycles. The van der Waals surface area contributed by atoms with Crippen molar-refractivity contribution in [1.82, 2.24) is 19.9 Å². The minimum Gasteiger partial charge on any atom is -0.352 e. The van der Waals surface area contributed by atoms with E-state index in [1.807, 2.05) is 0 Å². The number of hydrogen-bond acceptors (Lipinski definition) is 6. The van der Waals surface area contributed by atoms with Crippen molar-refractivity contribution >= 4 is 27.3 Å². The first-order valence-corrected chi connectivity index (χ1v) is 8.33. The SMILES string of the molecule is CCNC(=O)c1cnc2sc(N3CCCC(C)C3)nn2c1=O. The van der Waals surface area contributed by atoms with Crippen LogP contribution in [0.2, 0.25) is 0 Å². The molecule has 0 aliphatic carbocycles. The Bertz CT molecular complexity index is 753. The van der Waals surface area contributed by atoms with Gasteiger partial charge in [0.05, 0.1) is 0 Å². The number of nitrogens with zero attached hydrogens (tertiary/aromatic N) is 4. The Morgan fingerprint density at radius 1 is 1.55 bits per heavy atom. The summed E-state index contributed by atoms with van der Waals surface area (Å²) in [5, 5.41) is 7.79. The van der Waals surface area contributed by atoms with E-state index in [9.17, 15) is 9.59 Å². The van der Waals surface area contributed by atoms with Crippen molar-refractivity contribution in [3.63, 3.8) is 0 Å². The van der Waals surface area contributed by atoms with Crippen LogP contribution in [0, 0.1) is 5.92 Å². The predicted molar refractivity (Wildman–Crippen MR) is 85.8 cm³/mol. The van der Waals surface area contributed by atoms with Crippen LogP contribution in [0.4, 0.5) is 5.13 Å². The van der Waals surface area contributed by atoms with Crippen molar-refractivity contribution in [2.24, 2.45) is 5.92 Å². The number of nitrogens with one attached hydrogen (secondary N) is 1. The first kappa shape index (κ1) is 15.0. The lowest BCUT2D eigenvalue weighted by Gasteiger charge is -2.30. The van der Waals surface area contributed by atoms with Crippen LogP contribution in [0.1, 0.15) is 37.0 Å². The normalized spacial score (nSPS) is 18.6. The smallest absolute Gasteiger partial charge is 0.288 e. The Morgan fingerprint density at radius 3 is 3.09 bits per heavy atom. The third-order valence-electron chi connectivity index (χ3n) is 3.79. The van der Waals surface area contributed by atoms with E-state index in [2.05, 4.69) is 27.2 Å². The van der Waals surface area contributed by atoms with Crippen molar-refractivity contribution in [2.75, 3.05) is 24.5 Å². The zero-order valence-electron chi connectivity index (χ0n) is 12.7. The molecule has 2 aromatic rings. The monoisotopic (exact) mass is 321 g/mol. The molecule has 2 aromatic heterocycles. The summed E-state index contributed by atoms with van der Waals surface area (Å²) >= 11 is 1.39. The molecule has 0 spiro atoms. The topological polar surface area (TPSA) is 79.6 Å². The zero-order valence-corrected chi connectivity index (χ0v) is 13.5. The van der Waals surface area contributed by atoms with E-state index < -0.39 is 11.5 Å². The average molecular weight is 321 g/mol. The molecule has 7 nitrogen and oxygen atoms in total. The lowest BCUT2D eigenvalue weighted by Crippen LogP contribution is -2.34. The molecule has 1 N–H and O–H groups in total. The second-order valence-corrected chi connectivity index (χ2v) is 6.54. The third-order valence-corrected chi connectivity index (χ3v) is 4.77. The maximum absolute atomic E-state index is 12.4. The number of carbonyl (C=O) groups excluding carboxylic acids is 1. The van der Waals surface area contributed by atoms with E-state index >= 15 is 0 Å². The van der Waals surface area contributed by atoms with Crippen LogP contribution in [-0.4, -0.2) is 40.1 Å². The quantitative estimate of drug-likeness (QED) is 0.917. The Kier molecular flexibility index (Phi) is 4.10. The average Bonchev–Trinajstić information content (AvgIpc) is 2.93. The highest BCUT2D eigenvalue weighted by Gasteiger charge is 2.21. The van der Waals surface area contributed by atoms with Crippen molar-refractivity contribution in [2.45, 2.75) is 26.7 Å². The fourth-order valence-electron chi connectivity index (χ4n) is 2.68. The molecule has 1 saturated heterocycles. The summed E-state index contributed by atoms with van der Waals surface area (Å²) in [5.74, 6) is 0.215. The summed E-state index contributed by atoms with van der Waals surface area (Å²) < 4.78 is 1.24. The van der Waals surface area contributed by atoms with Crippen molar-refractivity contribution in [3.8, 4) is 0 Å². The first-order valence-electron chi connectivity index (χ1n) is 7.52. The highest BCUT2D eigenvalue weighted by Crippen LogP contribution is 2.26. The van der Waals surface area contributed by atoms with Gasteiger partial charge in [-0.25, -0.2) is 4.98 Å². The predicted octanol–water partition coefficient (Wildman–Crippen LogP) is 1.14. The molecular weight excluding hydrogens is 302 g/mol. The molecule has 1 aliphatic rings. The van der Waals surface area contributed by atoms with Crippen LogP contribution < -0.4 is 15.8 Å². The second kappa shape index (κ2) is 6.04. The van der Waals surface area contributed by atoms with Gasteiger partial charge in [-0.2, -0.15) is 4.52 Å². The molecule has 1 aliphatic heterocycles. The fraction of sp³-hybridized carbons (Fsp3) is 0.571. The molecule has 0 radical (unpaired) electrons. The largest absolute Gasteiger partial charge is 0.352 e. The summed E-state index contributed by atoms with van der Waals surface area (Å²) in [6, 6.07) is 0. The van der Waals surface area contributed by atoms with Crippen molar-refractivity contribution in [3.05, 3.63) is 22.1 Å². The van der Waals surface area contributed by atoms with Gasteiger partial charge in [-0.3, -0.25) is 9.59 Å². The molecule has 3 rings (SSSR count). The van der Waals surface area contributed by atoms with Crippen LogP contribution in [-0.2, 0) is 0 Å². The van der Waals surface area contributed by atoms with Crippen LogP contribution in [0.5, 0.6) is 0 Å². The van der Waals surface area contributed by atoms with E-state index in [0.717, 1.165) is 24.6 Å². The molecular formula is C14H19N5O2S. The number of rotatable bonds is 3. The van der Waals surface area contributed by atoms with Crippen molar-refractivity contribution in [1.29, 1.82) is 0 Å². The van der Waals surface area contributed by atoms with Crippen LogP contribution >= 0.6 is 11.3 Å². The molecule has 1 amide bonds. The number of anilines is 1. The zero-order chi connectivity index (χ0) is 15.7. The Labute approximate surface area is 132 Å². The van der Waals surface area contributed by atoms with Crippen LogP contribution in [0.15, 0.2) is 11.0 Å². The van der Waals surface area contributed by atoms with Gasteiger partial charge >= 0.3 is 0 Å². The van der Waals surface area contributed by atoms with Crippen LogP contribution in [0.3, 0.4) is 0 Å².